The third-order valence-corrected chi connectivity index (χ3v) is 3.25. The Balaban J connectivity index is 2.07. The molecule has 1 fully saturated rings. The maximum Gasteiger partial charge on any atom is 0.410 e. The van der Waals surface area contributed by atoms with Gasteiger partial charge in [0.1, 0.15) is 11.0 Å². The van der Waals surface area contributed by atoms with Crippen molar-refractivity contribution in [2.24, 2.45) is 0 Å². The number of nitriles is 1. The minimum atomic E-state index is -0.655. The highest BCUT2D eigenvalue weighted by Crippen LogP contribution is 2.34. The van der Waals surface area contributed by atoms with Gasteiger partial charge in [0.25, 0.3) is 0 Å². The Bertz CT molecular complexity index is 546. The zero-order valence-corrected chi connectivity index (χ0v) is 12.3. The van der Waals surface area contributed by atoms with Crippen LogP contribution in [-0.4, -0.2) is 34.7 Å². The Labute approximate surface area is 119 Å². The number of carbonyl (C=O) groups excluding carboxylic acids is 1. The minimum Gasteiger partial charge on any atom is -0.444 e. The molecule has 0 aromatic carbocycles. The number of rotatable bonds is 1. The largest absolute Gasteiger partial charge is 0.444 e. The van der Waals surface area contributed by atoms with E-state index in [9.17, 15) is 10.1 Å². The van der Waals surface area contributed by atoms with E-state index >= 15 is 0 Å². The summed E-state index contributed by atoms with van der Waals surface area (Å²) >= 11 is 0. The molecular formula is C15H19N3O2. The van der Waals surface area contributed by atoms with E-state index in [4.69, 9.17) is 4.74 Å². The van der Waals surface area contributed by atoms with E-state index in [1.54, 1.807) is 11.1 Å². The SMILES string of the molecule is Cc1ccc(C2(C#N)CN(C(=O)OC(C)(C)C)C2)cn1. The molecule has 0 radical (unpaired) electrons. The first-order valence-electron chi connectivity index (χ1n) is 6.58. The van der Waals surface area contributed by atoms with E-state index in [1.165, 1.54) is 0 Å². The third kappa shape index (κ3) is 2.74. The molecule has 1 aliphatic rings. The summed E-state index contributed by atoms with van der Waals surface area (Å²) in [6.45, 7) is 8.08. The monoisotopic (exact) mass is 273 g/mol. The van der Waals surface area contributed by atoms with Crippen molar-refractivity contribution in [2.45, 2.75) is 38.7 Å². The maximum atomic E-state index is 11.9. The fourth-order valence-electron chi connectivity index (χ4n) is 2.13. The molecule has 0 saturated carbocycles. The van der Waals surface area contributed by atoms with E-state index in [1.807, 2.05) is 39.8 Å². The number of aromatic nitrogens is 1. The van der Waals surface area contributed by atoms with Crippen LogP contribution in [0.25, 0.3) is 0 Å². The lowest BCUT2D eigenvalue weighted by atomic mass is 9.76. The van der Waals surface area contributed by atoms with Crippen molar-refractivity contribution in [3.05, 3.63) is 29.6 Å². The van der Waals surface area contributed by atoms with Crippen molar-refractivity contribution in [2.75, 3.05) is 13.1 Å². The second kappa shape index (κ2) is 4.78. The average Bonchev–Trinajstić information content (AvgIpc) is 2.28. The number of pyridine rings is 1. The summed E-state index contributed by atoms with van der Waals surface area (Å²) in [7, 11) is 0. The molecule has 1 aliphatic heterocycles. The molecule has 0 aliphatic carbocycles. The summed E-state index contributed by atoms with van der Waals surface area (Å²) in [5.74, 6) is 0. The van der Waals surface area contributed by atoms with Crippen LogP contribution in [0, 0.1) is 18.3 Å². The van der Waals surface area contributed by atoms with Crippen LogP contribution in [0.15, 0.2) is 18.3 Å². The molecule has 2 rings (SSSR count). The van der Waals surface area contributed by atoms with Gasteiger partial charge in [-0.2, -0.15) is 5.26 Å². The van der Waals surface area contributed by atoms with Gasteiger partial charge in [-0.1, -0.05) is 6.07 Å². The predicted octanol–water partition coefficient (Wildman–Crippen LogP) is 2.40. The summed E-state index contributed by atoms with van der Waals surface area (Å²) < 4.78 is 5.30. The molecule has 5 nitrogen and oxygen atoms in total. The fourth-order valence-corrected chi connectivity index (χ4v) is 2.13. The standard InChI is InChI=1S/C15H19N3O2/c1-11-5-6-12(7-17-11)15(8-16)9-18(10-15)13(19)20-14(2,3)4/h5-7H,9-10H2,1-4H3. The molecule has 106 valence electrons. The smallest absolute Gasteiger partial charge is 0.410 e. The molecule has 1 saturated heterocycles. The van der Waals surface area contributed by atoms with E-state index in [2.05, 4.69) is 11.1 Å². The summed E-state index contributed by atoms with van der Waals surface area (Å²) in [6, 6.07) is 6.09. The van der Waals surface area contributed by atoms with Crippen molar-refractivity contribution >= 4 is 6.09 Å². The van der Waals surface area contributed by atoms with Crippen LogP contribution in [0.5, 0.6) is 0 Å². The molecule has 0 atom stereocenters. The molecule has 0 bridgehead atoms. The molecule has 1 amide bonds. The Kier molecular flexibility index (Phi) is 3.43. The van der Waals surface area contributed by atoms with Gasteiger partial charge in [-0.3, -0.25) is 4.98 Å². The number of hydrogen-bond acceptors (Lipinski definition) is 4. The molecule has 2 heterocycles. The van der Waals surface area contributed by atoms with Gasteiger partial charge in [0.15, 0.2) is 0 Å². The van der Waals surface area contributed by atoms with Crippen LogP contribution in [0.3, 0.4) is 0 Å². The fraction of sp³-hybridized carbons (Fsp3) is 0.533. The molecular weight excluding hydrogens is 254 g/mol. The Morgan fingerprint density at radius 1 is 1.45 bits per heavy atom. The van der Waals surface area contributed by atoms with Crippen LogP contribution in [0.2, 0.25) is 0 Å². The van der Waals surface area contributed by atoms with Crippen LogP contribution in [0.4, 0.5) is 4.79 Å². The van der Waals surface area contributed by atoms with E-state index in [0.29, 0.717) is 13.1 Å². The first-order chi connectivity index (χ1) is 9.26. The van der Waals surface area contributed by atoms with Gasteiger partial charge >= 0.3 is 6.09 Å². The summed E-state index contributed by atoms with van der Waals surface area (Å²) in [5.41, 5.74) is 0.584. The van der Waals surface area contributed by atoms with Gasteiger partial charge in [0.05, 0.1) is 6.07 Å². The molecule has 5 heteroatoms. The number of likely N-dealkylation sites (tertiary alicyclic amines) is 1. The minimum absolute atomic E-state index is 0.350. The highest BCUT2D eigenvalue weighted by Gasteiger charge is 2.48. The molecule has 1 aromatic rings. The van der Waals surface area contributed by atoms with Gasteiger partial charge in [-0.05, 0) is 39.3 Å². The molecule has 0 unspecified atom stereocenters. The molecule has 1 aromatic heterocycles. The van der Waals surface area contributed by atoms with Gasteiger partial charge < -0.3 is 9.64 Å². The van der Waals surface area contributed by atoms with Crippen LogP contribution in [0.1, 0.15) is 32.0 Å². The normalized spacial score (nSPS) is 17.1. The lowest BCUT2D eigenvalue weighted by Crippen LogP contribution is -2.61. The Morgan fingerprint density at radius 3 is 2.55 bits per heavy atom. The van der Waals surface area contributed by atoms with Crippen molar-refractivity contribution in [1.29, 1.82) is 5.26 Å². The number of hydrogen-bond donors (Lipinski definition) is 0. The summed E-state index contributed by atoms with van der Waals surface area (Å²) in [5, 5.41) is 9.43. The molecule has 20 heavy (non-hydrogen) atoms. The van der Waals surface area contributed by atoms with Gasteiger partial charge in [0, 0.05) is 25.0 Å². The first kappa shape index (κ1) is 14.3. The van der Waals surface area contributed by atoms with Gasteiger partial charge in [-0.25, -0.2) is 4.79 Å². The number of ether oxygens (including phenoxy) is 1. The number of aryl methyl sites for hydroxylation is 1. The quantitative estimate of drug-likeness (QED) is 0.788. The van der Waals surface area contributed by atoms with Crippen molar-refractivity contribution < 1.29 is 9.53 Å². The zero-order valence-electron chi connectivity index (χ0n) is 12.3. The van der Waals surface area contributed by atoms with Crippen molar-refractivity contribution in [1.82, 2.24) is 9.88 Å². The van der Waals surface area contributed by atoms with Gasteiger partial charge in [0.2, 0.25) is 0 Å². The Morgan fingerprint density at radius 2 is 2.10 bits per heavy atom. The van der Waals surface area contributed by atoms with E-state index in [0.717, 1.165) is 11.3 Å². The molecule has 0 N–H and O–H groups in total. The first-order valence-corrected chi connectivity index (χ1v) is 6.58. The van der Waals surface area contributed by atoms with Gasteiger partial charge in [-0.15, -0.1) is 0 Å². The average molecular weight is 273 g/mol. The van der Waals surface area contributed by atoms with E-state index < -0.39 is 11.0 Å². The number of nitrogens with zero attached hydrogens (tertiary/aromatic N) is 3. The predicted molar refractivity (Wildman–Crippen MR) is 74.1 cm³/mol. The van der Waals surface area contributed by atoms with Crippen molar-refractivity contribution in [3.8, 4) is 6.07 Å². The summed E-state index contributed by atoms with van der Waals surface area (Å²) in [6.07, 6.45) is 1.34. The molecule has 0 spiro atoms. The third-order valence-electron chi connectivity index (χ3n) is 3.25. The lowest BCUT2D eigenvalue weighted by molar-refractivity contribution is -0.000502. The van der Waals surface area contributed by atoms with Crippen LogP contribution in [-0.2, 0) is 10.2 Å². The number of carbonyl (C=O) groups is 1. The highest BCUT2D eigenvalue weighted by molar-refractivity contribution is 5.70. The van der Waals surface area contributed by atoms with Crippen LogP contribution >= 0.6 is 0 Å². The van der Waals surface area contributed by atoms with Crippen LogP contribution < -0.4 is 0 Å². The topological polar surface area (TPSA) is 66.2 Å². The second-order valence-electron chi connectivity index (χ2n) is 6.22. The number of amides is 1. The summed E-state index contributed by atoms with van der Waals surface area (Å²) in [4.78, 5) is 17.7. The highest BCUT2D eigenvalue weighted by atomic mass is 16.6. The Hall–Kier alpha value is -2.09. The maximum absolute atomic E-state index is 11.9. The lowest BCUT2D eigenvalue weighted by Gasteiger charge is -2.45. The second-order valence-corrected chi connectivity index (χ2v) is 6.22. The zero-order chi connectivity index (χ0) is 15.0. The van der Waals surface area contributed by atoms with Crippen molar-refractivity contribution in [3.63, 3.8) is 0 Å². The van der Waals surface area contributed by atoms with E-state index in [-0.39, 0.29) is 6.09 Å².